The van der Waals surface area contributed by atoms with Crippen molar-refractivity contribution in [3.63, 3.8) is 0 Å². The van der Waals surface area contributed by atoms with Crippen LogP contribution >= 0.6 is 0 Å². The Balaban J connectivity index is 1.30. The molecule has 0 radical (unpaired) electrons. The minimum atomic E-state index is -0.459. The quantitative estimate of drug-likeness (QED) is 0.513. The third kappa shape index (κ3) is 4.64. The predicted octanol–water partition coefficient (Wildman–Crippen LogP) is 5.11. The number of carbonyl (C=O) groups excluding carboxylic acids is 1. The molecule has 1 N–H and O–H groups in total. The van der Waals surface area contributed by atoms with Crippen molar-refractivity contribution in [2.45, 2.75) is 49.7 Å². The monoisotopic (exact) mass is 498 g/mol. The predicted molar refractivity (Wildman–Crippen MR) is 147 cm³/mol. The van der Waals surface area contributed by atoms with E-state index in [4.69, 9.17) is 4.74 Å². The number of benzene rings is 3. The van der Waals surface area contributed by atoms with Gasteiger partial charge < -0.3 is 19.6 Å². The molecule has 1 saturated heterocycles. The summed E-state index contributed by atoms with van der Waals surface area (Å²) in [5, 5.41) is 13.8. The van der Waals surface area contributed by atoms with Gasteiger partial charge in [0.05, 0.1) is 13.2 Å². The average Bonchev–Trinajstić information content (AvgIpc) is 3.76. The topological polar surface area (TPSA) is 53.0 Å². The Morgan fingerprint density at radius 3 is 2.68 bits per heavy atom. The summed E-state index contributed by atoms with van der Waals surface area (Å²) in [6, 6.07) is 22.5. The summed E-state index contributed by atoms with van der Waals surface area (Å²) in [6.45, 7) is 3.11. The summed E-state index contributed by atoms with van der Waals surface area (Å²) in [6.07, 6.45) is 4.68. The van der Waals surface area contributed by atoms with Crippen molar-refractivity contribution in [2.24, 2.45) is 11.8 Å². The van der Waals surface area contributed by atoms with Gasteiger partial charge in [0.25, 0.3) is 5.91 Å². The maximum Gasteiger partial charge on any atom is 0.253 e. The lowest BCUT2D eigenvalue weighted by Crippen LogP contribution is -2.61. The van der Waals surface area contributed by atoms with Crippen molar-refractivity contribution in [3.8, 4) is 5.75 Å². The highest BCUT2D eigenvalue weighted by atomic mass is 16.5. The molecule has 37 heavy (non-hydrogen) atoms. The van der Waals surface area contributed by atoms with Crippen LogP contribution in [0.1, 0.15) is 48.0 Å². The molecule has 1 aliphatic heterocycles. The van der Waals surface area contributed by atoms with Crippen LogP contribution in [0.15, 0.2) is 66.7 Å². The van der Waals surface area contributed by atoms with Gasteiger partial charge in [0, 0.05) is 43.1 Å². The Morgan fingerprint density at radius 2 is 1.89 bits per heavy atom. The van der Waals surface area contributed by atoms with Gasteiger partial charge in [-0.3, -0.25) is 4.79 Å². The highest BCUT2D eigenvalue weighted by Gasteiger charge is 2.53. The lowest BCUT2D eigenvalue weighted by Gasteiger charge is -2.56. The van der Waals surface area contributed by atoms with Crippen molar-refractivity contribution in [1.29, 1.82) is 0 Å². The van der Waals surface area contributed by atoms with Crippen molar-refractivity contribution >= 4 is 16.7 Å². The molecule has 4 atom stereocenters. The summed E-state index contributed by atoms with van der Waals surface area (Å²) in [7, 11) is 3.62. The fourth-order valence-electron chi connectivity index (χ4n) is 7.00. The molecule has 3 aromatic rings. The zero-order chi connectivity index (χ0) is 25.6. The number of methoxy groups -OCH3 is 1. The number of nitrogens with zero attached hydrogens (tertiary/aromatic N) is 2. The van der Waals surface area contributed by atoms with Gasteiger partial charge in [0.2, 0.25) is 0 Å². The third-order valence-electron chi connectivity index (χ3n) is 9.34. The van der Waals surface area contributed by atoms with E-state index in [-0.39, 0.29) is 23.3 Å². The molecule has 6 rings (SSSR count). The largest absolute Gasteiger partial charge is 0.497 e. The van der Waals surface area contributed by atoms with Crippen LogP contribution in [0, 0.1) is 11.8 Å². The van der Waals surface area contributed by atoms with E-state index in [0.717, 1.165) is 54.9 Å². The van der Waals surface area contributed by atoms with Gasteiger partial charge >= 0.3 is 0 Å². The first-order chi connectivity index (χ1) is 18.0. The molecule has 3 aliphatic rings. The van der Waals surface area contributed by atoms with Gasteiger partial charge in [-0.05, 0) is 85.2 Å². The molecule has 0 aromatic heterocycles. The second-order valence-corrected chi connectivity index (χ2v) is 11.6. The van der Waals surface area contributed by atoms with E-state index in [1.165, 1.54) is 18.4 Å². The fourth-order valence-corrected chi connectivity index (χ4v) is 7.00. The minimum Gasteiger partial charge on any atom is -0.497 e. The van der Waals surface area contributed by atoms with Gasteiger partial charge in [-0.25, -0.2) is 0 Å². The Morgan fingerprint density at radius 1 is 1.08 bits per heavy atom. The molecule has 3 aromatic carbocycles. The van der Waals surface area contributed by atoms with Gasteiger partial charge in [-0.2, -0.15) is 0 Å². The van der Waals surface area contributed by atoms with Crippen LogP contribution in [-0.2, 0) is 5.41 Å². The average molecular weight is 499 g/mol. The smallest absolute Gasteiger partial charge is 0.253 e. The van der Waals surface area contributed by atoms with E-state index >= 15 is 0 Å². The third-order valence-corrected chi connectivity index (χ3v) is 9.34. The number of rotatable bonds is 6. The molecular weight excluding hydrogens is 460 g/mol. The lowest BCUT2D eigenvalue weighted by atomic mass is 9.56. The Hall–Kier alpha value is -2.89. The van der Waals surface area contributed by atoms with Crippen LogP contribution in [0.25, 0.3) is 10.8 Å². The van der Waals surface area contributed by atoms with E-state index in [1.54, 1.807) is 7.11 Å². The summed E-state index contributed by atoms with van der Waals surface area (Å²) in [4.78, 5) is 18.2. The molecular formula is C32H38N2O3. The van der Waals surface area contributed by atoms with E-state index < -0.39 is 6.10 Å². The number of carbonyl (C=O) groups is 1. The second kappa shape index (κ2) is 9.77. The number of hydrogen-bond acceptors (Lipinski definition) is 4. The van der Waals surface area contributed by atoms with Gasteiger partial charge in [0.1, 0.15) is 5.75 Å². The summed E-state index contributed by atoms with van der Waals surface area (Å²) >= 11 is 0. The number of fused-ring (bicyclic) bond motifs is 2. The number of hydrogen-bond donors (Lipinski definition) is 1. The first kappa shape index (κ1) is 24.4. The lowest BCUT2D eigenvalue weighted by molar-refractivity contribution is -0.0618. The molecule has 1 amide bonds. The minimum absolute atomic E-state index is 0.0216. The molecule has 1 heterocycles. The SMILES string of the molecule is COc1cccc([C@@]23CCN(CC4CC4)C[C@H]2C(O)C[C@@H](N(C)C(=O)c2ccc4ccccc4c2)C3)c1. The zero-order valence-electron chi connectivity index (χ0n) is 22.0. The van der Waals surface area contributed by atoms with Crippen LogP contribution in [-0.4, -0.2) is 66.8 Å². The molecule has 2 saturated carbocycles. The molecule has 194 valence electrons. The van der Waals surface area contributed by atoms with Crippen LogP contribution in [0.2, 0.25) is 0 Å². The maximum absolute atomic E-state index is 13.7. The Labute approximate surface area is 220 Å². The van der Waals surface area contributed by atoms with E-state index in [9.17, 15) is 9.90 Å². The second-order valence-electron chi connectivity index (χ2n) is 11.6. The van der Waals surface area contributed by atoms with Crippen LogP contribution < -0.4 is 4.74 Å². The number of amides is 1. The van der Waals surface area contributed by atoms with Crippen molar-refractivity contribution in [2.75, 3.05) is 33.8 Å². The molecule has 3 fully saturated rings. The molecule has 0 bridgehead atoms. The maximum atomic E-state index is 13.7. The number of aliphatic hydroxyl groups excluding tert-OH is 1. The fraction of sp³-hybridized carbons (Fsp3) is 0.469. The van der Waals surface area contributed by atoms with Gasteiger partial charge in [0.15, 0.2) is 0 Å². The summed E-state index contributed by atoms with van der Waals surface area (Å²) in [5.41, 5.74) is 1.75. The van der Waals surface area contributed by atoms with E-state index in [2.05, 4.69) is 29.2 Å². The summed E-state index contributed by atoms with van der Waals surface area (Å²) < 4.78 is 5.60. The number of ether oxygens (including phenoxy) is 1. The molecule has 5 nitrogen and oxygen atoms in total. The van der Waals surface area contributed by atoms with Gasteiger partial charge in [-0.1, -0.05) is 42.5 Å². The van der Waals surface area contributed by atoms with Crippen LogP contribution in [0.3, 0.4) is 0 Å². The van der Waals surface area contributed by atoms with Gasteiger partial charge in [-0.15, -0.1) is 0 Å². The van der Waals surface area contributed by atoms with E-state index in [0.29, 0.717) is 12.0 Å². The van der Waals surface area contributed by atoms with E-state index in [1.807, 2.05) is 54.4 Å². The number of aliphatic hydroxyl groups is 1. The standard InChI is InChI=1S/C32H38N2O3/c1-33(31(36)25-13-12-23-6-3-4-7-24(23)16-25)27-18-30(35)29-21-34(20-22-10-11-22)15-14-32(29,19-27)26-8-5-9-28(17-26)37-2/h3-9,12-13,16-17,22,27,29-30,35H,10-11,14-15,18-21H2,1-2H3/t27-,29+,30?,32+/m1/s1. The van der Waals surface area contributed by atoms with Crippen LogP contribution in [0.4, 0.5) is 0 Å². The Bertz CT molecular complexity index is 1290. The zero-order valence-corrected chi connectivity index (χ0v) is 22.0. The van der Waals surface area contributed by atoms with Crippen molar-refractivity contribution < 1.29 is 14.6 Å². The van der Waals surface area contributed by atoms with Crippen molar-refractivity contribution in [1.82, 2.24) is 9.80 Å². The molecule has 2 aliphatic carbocycles. The first-order valence-electron chi connectivity index (χ1n) is 13.8. The molecule has 1 unspecified atom stereocenters. The van der Waals surface area contributed by atoms with Crippen molar-refractivity contribution in [3.05, 3.63) is 77.9 Å². The highest BCUT2D eigenvalue weighted by Crippen LogP contribution is 2.51. The molecule has 0 spiro atoms. The molecule has 5 heteroatoms. The first-order valence-corrected chi connectivity index (χ1v) is 13.8. The Kier molecular flexibility index (Phi) is 6.46. The number of piperidine rings is 1. The normalized spacial score (nSPS) is 28.0. The van der Waals surface area contributed by atoms with Crippen LogP contribution in [0.5, 0.6) is 5.75 Å². The highest BCUT2D eigenvalue weighted by molar-refractivity contribution is 5.98. The number of likely N-dealkylation sites (tertiary alicyclic amines) is 1. The summed E-state index contributed by atoms with van der Waals surface area (Å²) in [5.74, 6) is 1.85.